The summed E-state index contributed by atoms with van der Waals surface area (Å²) >= 11 is 0. The molecule has 0 aliphatic carbocycles. The van der Waals surface area contributed by atoms with E-state index >= 15 is 0 Å². The number of phenols is 1. The van der Waals surface area contributed by atoms with Gasteiger partial charge in [-0.3, -0.25) is 4.79 Å². The van der Waals surface area contributed by atoms with Crippen LogP contribution in [-0.4, -0.2) is 42.1 Å². The van der Waals surface area contributed by atoms with Crippen LogP contribution in [-0.2, 0) is 0 Å². The van der Waals surface area contributed by atoms with Gasteiger partial charge in [0.05, 0.1) is 0 Å². The maximum atomic E-state index is 12.4. The van der Waals surface area contributed by atoms with Crippen molar-refractivity contribution in [2.75, 3.05) is 31.1 Å². The highest BCUT2D eigenvalue weighted by Crippen LogP contribution is 2.19. The summed E-state index contributed by atoms with van der Waals surface area (Å²) < 4.78 is 0. The molecule has 0 atom stereocenters. The van der Waals surface area contributed by atoms with Crippen molar-refractivity contribution in [3.63, 3.8) is 0 Å². The van der Waals surface area contributed by atoms with E-state index in [-0.39, 0.29) is 11.7 Å². The molecule has 4 heteroatoms. The van der Waals surface area contributed by atoms with E-state index in [2.05, 4.69) is 36.1 Å². The normalized spacial score (nSPS) is 15.0. The number of rotatable bonds is 2. The zero-order chi connectivity index (χ0) is 15.5. The van der Waals surface area contributed by atoms with E-state index in [1.54, 1.807) is 18.2 Å². The summed E-state index contributed by atoms with van der Waals surface area (Å²) in [7, 11) is 0. The summed E-state index contributed by atoms with van der Waals surface area (Å²) in [5.74, 6) is 0.114. The molecule has 1 aliphatic rings. The van der Waals surface area contributed by atoms with Crippen LogP contribution in [0.4, 0.5) is 5.69 Å². The first kappa shape index (κ1) is 14.4. The summed E-state index contributed by atoms with van der Waals surface area (Å²) in [6.45, 7) is 5.13. The Bertz CT molecular complexity index is 659. The minimum atomic E-state index is -0.0144. The van der Waals surface area contributed by atoms with E-state index in [1.165, 1.54) is 17.3 Å². The van der Waals surface area contributed by atoms with Crippen LogP contribution in [0.3, 0.4) is 0 Å². The van der Waals surface area contributed by atoms with Crippen molar-refractivity contribution in [1.82, 2.24) is 4.90 Å². The van der Waals surface area contributed by atoms with E-state index in [0.717, 1.165) is 13.1 Å². The van der Waals surface area contributed by atoms with Crippen LogP contribution >= 0.6 is 0 Å². The predicted molar refractivity (Wildman–Crippen MR) is 87.4 cm³/mol. The fourth-order valence-electron chi connectivity index (χ4n) is 2.74. The molecule has 0 aromatic heterocycles. The molecule has 0 spiro atoms. The molecule has 0 radical (unpaired) electrons. The van der Waals surface area contributed by atoms with Crippen molar-refractivity contribution in [3.05, 3.63) is 59.7 Å². The van der Waals surface area contributed by atoms with Gasteiger partial charge in [0, 0.05) is 37.4 Å². The second kappa shape index (κ2) is 6.10. The number of aryl methyl sites for hydroxylation is 1. The Morgan fingerprint density at radius 2 is 1.68 bits per heavy atom. The lowest BCUT2D eigenvalue weighted by molar-refractivity contribution is 0.0746. The third-order valence-electron chi connectivity index (χ3n) is 4.06. The molecular formula is C18H20N2O2. The van der Waals surface area contributed by atoms with E-state index in [0.29, 0.717) is 18.7 Å². The maximum absolute atomic E-state index is 12.4. The number of piperazine rings is 1. The van der Waals surface area contributed by atoms with Crippen molar-refractivity contribution in [3.8, 4) is 5.75 Å². The minimum Gasteiger partial charge on any atom is -0.508 e. The number of hydrogen-bond acceptors (Lipinski definition) is 3. The Hall–Kier alpha value is -2.49. The third kappa shape index (κ3) is 3.06. The summed E-state index contributed by atoms with van der Waals surface area (Å²) in [6, 6.07) is 15.0. The molecule has 1 aliphatic heterocycles. The predicted octanol–water partition coefficient (Wildman–Crippen LogP) is 2.66. The fourth-order valence-corrected chi connectivity index (χ4v) is 2.74. The first-order valence-corrected chi connectivity index (χ1v) is 7.53. The molecule has 0 saturated carbocycles. The summed E-state index contributed by atoms with van der Waals surface area (Å²) in [6.07, 6.45) is 0. The van der Waals surface area contributed by atoms with Crippen LogP contribution < -0.4 is 4.90 Å². The number of amides is 1. The van der Waals surface area contributed by atoms with Gasteiger partial charge in [0.15, 0.2) is 0 Å². The van der Waals surface area contributed by atoms with E-state index in [4.69, 9.17) is 0 Å². The highest BCUT2D eigenvalue weighted by atomic mass is 16.3. The summed E-state index contributed by atoms with van der Waals surface area (Å²) in [4.78, 5) is 16.6. The summed E-state index contributed by atoms with van der Waals surface area (Å²) in [5, 5.41) is 9.49. The first-order chi connectivity index (χ1) is 10.6. The largest absolute Gasteiger partial charge is 0.508 e. The van der Waals surface area contributed by atoms with Gasteiger partial charge in [-0.15, -0.1) is 0 Å². The Balaban J connectivity index is 1.64. The van der Waals surface area contributed by atoms with E-state index in [9.17, 15) is 9.90 Å². The molecule has 1 N–H and O–H groups in total. The highest BCUT2D eigenvalue weighted by Gasteiger charge is 2.22. The van der Waals surface area contributed by atoms with Crippen molar-refractivity contribution >= 4 is 11.6 Å². The lowest BCUT2D eigenvalue weighted by Crippen LogP contribution is -2.48. The molecule has 0 unspecified atom stereocenters. The molecule has 114 valence electrons. The van der Waals surface area contributed by atoms with Crippen LogP contribution in [0.15, 0.2) is 48.5 Å². The fraction of sp³-hybridized carbons (Fsp3) is 0.278. The van der Waals surface area contributed by atoms with Gasteiger partial charge in [0.25, 0.3) is 5.91 Å². The van der Waals surface area contributed by atoms with Gasteiger partial charge in [0.2, 0.25) is 0 Å². The van der Waals surface area contributed by atoms with Gasteiger partial charge in [-0.2, -0.15) is 0 Å². The van der Waals surface area contributed by atoms with Gasteiger partial charge < -0.3 is 14.9 Å². The molecule has 2 aromatic rings. The van der Waals surface area contributed by atoms with Gasteiger partial charge in [-0.05, 0) is 37.3 Å². The van der Waals surface area contributed by atoms with E-state index in [1.807, 2.05) is 4.90 Å². The van der Waals surface area contributed by atoms with Crippen LogP contribution in [0.2, 0.25) is 0 Å². The minimum absolute atomic E-state index is 0.0144. The average Bonchev–Trinajstić information content (AvgIpc) is 2.55. The van der Waals surface area contributed by atoms with Gasteiger partial charge in [0.1, 0.15) is 5.75 Å². The number of hydrogen-bond donors (Lipinski definition) is 1. The number of carbonyl (C=O) groups excluding carboxylic acids is 1. The van der Waals surface area contributed by atoms with Crippen molar-refractivity contribution in [2.24, 2.45) is 0 Å². The second-order valence-corrected chi connectivity index (χ2v) is 5.67. The van der Waals surface area contributed by atoms with Crippen LogP contribution in [0.25, 0.3) is 0 Å². The number of carbonyl (C=O) groups is 1. The lowest BCUT2D eigenvalue weighted by atomic mass is 10.1. The van der Waals surface area contributed by atoms with Gasteiger partial charge in [-0.25, -0.2) is 0 Å². The molecule has 1 amide bonds. The molecule has 22 heavy (non-hydrogen) atoms. The average molecular weight is 296 g/mol. The Kier molecular flexibility index (Phi) is 4.00. The van der Waals surface area contributed by atoms with Crippen LogP contribution in [0.1, 0.15) is 15.9 Å². The first-order valence-electron chi connectivity index (χ1n) is 7.53. The number of phenolic OH excluding ortho intramolecular Hbond substituents is 1. The molecule has 1 heterocycles. The maximum Gasteiger partial charge on any atom is 0.254 e. The molecule has 0 bridgehead atoms. The number of aromatic hydroxyl groups is 1. The second-order valence-electron chi connectivity index (χ2n) is 5.67. The van der Waals surface area contributed by atoms with Crippen molar-refractivity contribution in [2.45, 2.75) is 6.92 Å². The Morgan fingerprint density at radius 3 is 2.32 bits per heavy atom. The number of benzene rings is 2. The molecule has 1 fully saturated rings. The number of anilines is 1. The van der Waals surface area contributed by atoms with Crippen LogP contribution in [0.5, 0.6) is 5.75 Å². The third-order valence-corrected chi connectivity index (χ3v) is 4.06. The number of nitrogens with zero attached hydrogens (tertiary/aromatic N) is 2. The molecule has 1 saturated heterocycles. The Labute approximate surface area is 130 Å². The summed E-state index contributed by atoms with van der Waals surface area (Å²) in [5.41, 5.74) is 3.00. The van der Waals surface area contributed by atoms with E-state index < -0.39 is 0 Å². The molecule has 4 nitrogen and oxygen atoms in total. The zero-order valence-electron chi connectivity index (χ0n) is 12.7. The molecule has 3 rings (SSSR count). The standard InChI is InChI=1S/C18H20N2O2/c1-14-5-7-16(8-6-14)19-9-11-20(12-10-19)18(22)15-3-2-4-17(21)13-15/h2-8,13,21H,9-12H2,1H3. The zero-order valence-corrected chi connectivity index (χ0v) is 12.7. The lowest BCUT2D eigenvalue weighted by Gasteiger charge is -2.36. The smallest absolute Gasteiger partial charge is 0.254 e. The van der Waals surface area contributed by atoms with Crippen LogP contribution in [0, 0.1) is 6.92 Å². The SMILES string of the molecule is Cc1ccc(N2CCN(C(=O)c3cccc(O)c3)CC2)cc1. The Morgan fingerprint density at radius 1 is 1.00 bits per heavy atom. The quantitative estimate of drug-likeness (QED) is 0.926. The van der Waals surface area contributed by atoms with Crippen molar-refractivity contribution in [1.29, 1.82) is 0 Å². The molecule has 2 aromatic carbocycles. The monoisotopic (exact) mass is 296 g/mol. The van der Waals surface area contributed by atoms with Crippen molar-refractivity contribution < 1.29 is 9.90 Å². The highest BCUT2D eigenvalue weighted by molar-refractivity contribution is 5.94. The van der Waals surface area contributed by atoms with Gasteiger partial charge >= 0.3 is 0 Å². The molecular weight excluding hydrogens is 276 g/mol. The van der Waals surface area contributed by atoms with Gasteiger partial charge in [-0.1, -0.05) is 23.8 Å². The topological polar surface area (TPSA) is 43.8 Å².